The Kier molecular flexibility index (Phi) is 7.22. The van der Waals surface area contributed by atoms with Crippen molar-refractivity contribution in [1.29, 1.82) is 0 Å². The molecule has 1 aliphatic heterocycles. The van der Waals surface area contributed by atoms with Gasteiger partial charge < -0.3 is 28.4 Å². The first kappa shape index (κ1) is 21.5. The Bertz CT molecular complexity index is 730. The van der Waals surface area contributed by atoms with Crippen molar-refractivity contribution in [3.05, 3.63) is 23.8 Å². The highest BCUT2D eigenvalue weighted by Crippen LogP contribution is 2.39. The molecule has 0 aromatic heterocycles. The van der Waals surface area contributed by atoms with Crippen LogP contribution in [0.4, 0.5) is 0 Å². The zero-order chi connectivity index (χ0) is 20.8. The van der Waals surface area contributed by atoms with Gasteiger partial charge in [0, 0.05) is 26.3 Å². The molecule has 4 atom stereocenters. The summed E-state index contributed by atoms with van der Waals surface area (Å²) in [4.78, 5) is 34.8. The highest BCUT2D eigenvalue weighted by molar-refractivity contribution is 5.68. The Morgan fingerprint density at radius 1 is 0.893 bits per heavy atom. The predicted molar refractivity (Wildman–Crippen MR) is 94.9 cm³/mol. The van der Waals surface area contributed by atoms with Gasteiger partial charge in [-0.2, -0.15) is 0 Å². The lowest BCUT2D eigenvalue weighted by Crippen LogP contribution is -2.54. The first-order chi connectivity index (χ1) is 13.3. The SMILES string of the molecule is COc1ccc(OC)c([C@@H]2OC[C@@H](OC(C)=O)[C@H](OC(C)=O)[C@H]2OC(C)=O)c1. The zero-order valence-electron chi connectivity index (χ0n) is 16.4. The van der Waals surface area contributed by atoms with E-state index in [0.29, 0.717) is 17.1 Å². The van der Waals surface area contributed by atoms with Crippen molar-refractivity contribution in [2.75, 3.05) is 20.8 Å². The molecular weight excluding hydrogens is 372 g/mol. The largest absolute Gasteiger partial charge is 0.497 e. The molecule has 0 spiro atoms. The number of rotatable bonds is 6. The van der Waals surface area contributed by atoms with E-state index in [1.54, 1.807) is 18.2 Å². The zero-order valence-corrected chi connectivity index (χ0v) is 16.4. The van der Waals surface area contributed by atoms with Gasteiger partial charge >= 0.3 is 17.9 Å². The molecule has 1 aliphatic rings. The van der Waals surface area contributed by atoms with Gasteiger partial charge in [-0.3, -0.25) is 14.4 Å². The summed E-state index contributed by atoms with van der Waals surface area (Å²) in [7, 11) is 3.00. The third-order valence-electron chi connectivity index (χ3n) is 4.09. The molecular formula is C19H24O9. The summed E-state index contributed by atoms with van der Waals surface area (Å²) in [6.07, 6.45) is -3.90. The van der Waals surface area contributed by atoms with Crippen LogP contribution in [0.25, 0.3) is 0 Å². The average Bonchev–Trinajstić information content (AvgIpc) is 2.62. The van der Waals surface area contributed by atoms with Crippen LogP contribution in [0, 0.1) is 0 Å². The lowest BCUT2D eigenvalue weighted by Gasteiger charge is -2.41. The van der Waals surface area contributed by atoms with Crippen molar-refractivity contribution >= 4 is 17.9 Å². The molecule has 0 unspecified atom stereocenters. The smallest absolute Gasteiger partial charge is 0.303 e. The highest BCUT2D eigenvalue weighted by Gasteiger charge is 2.48. The molecule has 2 rings (SSSR count). The van der Waals surface area contributed by atoms with Crippen LogP contribution in [0.1, 0.15) is 32.4 Å². The first-order valence-corrected chi connectivity index (χ1v) is 8.62. The average molecular weight is 396 g/mol. The molecule has 0 saturated carbocycles. The van der Waals surface area contributed by atoms with Gasteiger partial charge in [-0.15, -0.1) is 0 Å². The number of esters is 3. The Balaban J connectivity index is 2.49. The molecule has 1 aromatic carbocycles. The first-order valence-electron chi connectivity index (χ1n) is 8.62. The quantitative estimate of drug-likeness (QED) is 0.523. The fourth-order valence-electron chi connectivity index (χ4n) is 3.07. The monoisotopic (exact) mass is 396 g/mol. The summed E-state index contributed by atoms with van der Waals surface area (Å²) in [5.41, 5.74) is 0.534. The Labute approximate surface area is 162 Å². The summed E-state index contributed by atoms with van der Waals surface area (Å²) in [5.74, 6) is -0.800. The van der Waals surface area contributed by atoms with Gasteiger partial charge in [-0.05, 0) is 18.2 Å². The summed E-state index contributed by atoms with van der Waals surface area (Å²) < 4.78 is 32.5. The number of hydrogen-bond acceptors (Lipinski definition) is 9. The van der Waals surface area contributed by atoms with Crippen molar-refractivity contribution in [2.45, 2.75) is 45.2 Å². The number of ether oxygens (including phenoxy) is 6. The highest BCUT2D eigenvalue weighted by atomic mass is 16.6. The Morgan fingerprint density at radius 3 is 2.04 bits per heavy atom. The molecule has 0 amide bonds. The summed E-state index contributed by atoms with van der Waals surface area (Å²) in [6, 6.07) is 5.07. The minimum absolute atomic E-state index is 0.0691. The van der Waals surface area contributed by atoms with Gasteiger partial charge in [0.05, 0.1) is 20.8 Å². The molecule has 0 bridgehead atoms. The number of methoxy groups -OCH3 is 2. The fourth-order valence-corrected chi connectivity index (χ4v) is 3.07. The maximum Gasteiger partial charge on any atom is 0.303 e. The third kappa shape index (κ3) is 5.13. The van der Waals surface area contributed by atoms with E-state index in [9.17, 15) is 14.4 Å². The van der Waals surface area contributed by atoms with Crippen LogP contribution in [0.2, 0.25) is 0 Å². The van der Waals surface area contributed by atoms with Crippen molar-refractivity contribution in [3.63, 3.8) is 0 Å². The maximum atomic E-state index is 11.7. The Morgan fingerprint density at radius 2 is 1.50 bits per heavy atom. The minimum atomic E-state index is -1.07. The van der Waals surface area contributed by atoms with E-state index in [4.69, 9.17) is 28.4 Å². The third-order valence-corrected chi connectivity index (χ3v) is 4.09. The van der Waals surface area contributed by atoms with E-state index in [0.717, 1.165) is 0 Å². The van der Waals surface area contributed by atoms with E-state index >= 15 is 0 Å². The van der Waals surface area contributed by atoms with Crippen molar-refractivity contribution in [2.24, 2.45) is 0 Å². The second kappa shape index (κ2) is 9.41. The molecule has 0 radical (unpaired) electrons. The van der Waals surface area contributed by atoms with E-state index in [1.807, 2.05) is 0 Å². The number of carbonyl (C=O) groups excluding carboxylic acids is 3. The Hall–Kier alpha value is -2.81. The van der Waals surface area contributed by atoms with Gasteiger partial charge in [-0.1, -0.05) is 0 Å². The second-order valence-corrected chi connectivity index (χ2v) is 6.16. The van der Waals surface area contributed by atoms with Gasteiger partial charge in [0.15, 0.2) is 18.3 Å². The lowest BCUT2D eigenvalue weighted by atomic mass is 9.93. The number of carbonyl (C=O) groups is 3. The molecule has 9 heteroatoms. The molecule has 0 aliphatic carbocycles. The summed E-state index contributed by atoms with van der Waals surface area (Å²) in [6.45, 7) is 3.59. The van der Waals surface area contributed by atoms with Crippen LogP contribution in [0.15, 0.2) is 18.2 Å². The summed E-state index contributed by atoms with van der Waals surface area (Å²) in [5, 5.41) is 0. The van der Waals surface area contributed by atoms with E-state index in [-0.39, 0.29) is 6.61 Å². The second-order valence-electron chi connectivity index (χ2n) is 6.16. The van der Waals surface area contributed by atoms with Gasteiger partial charge in [0.2, 0.25) is 0 Å². The van der Waals surface area contributed by atoms with Crippen LogP contribution in [0.5, 0.6) is 11.5 Å². The van der Waals surface area contributed by atoms with E-state index < -0.39 is 42.3 Å². The van der Waals surface area contributed by atoms with E-state index in [1.165, 1.54) is 35.0 Å². The van der Waals surface area contributed by atoms with Crippen molar-refractivity contribution < 1.29 is 42.8 Å². The molecule has 154 valence electrons. The van der Waals surface area contributed by atoms with Crippen LogP contribution in [0.3, 0.4) is 0 Å². The van der Waals surface area contributed by atoms with Crippen LogP contribution >= 0.6 is 0 Å². The van der Waals surface area contributed by atoms with Gasteiger partial charge in [0.25, 0.3) is 0 Å². The van der Waals surface area contributed by atoms with Crippen LogP contribution in [-0.4, -0.2) is 57.0 Å². The topological polar surface area (TPSA) is 107 Å². The van der Waals surface area contributed by atoms with Gasteiger partial charge in [-0.25, -0.2) is 0 Å². The van der Waals surface area contributed by atoms with Crippen LogP contribution in [-0.2, 0) is 33.3 Å². The lowest BCUT2D eigenvalue weighted by molar-refractivity contribution is -0.227. The minimum Gasteiger partial charge on any atom is -0.497 e. The summed E-state index contributed by atoms with van der Waals surface area (Å²) >= 11 is 0. The molecule has 1 saturated heterocycles. The molecule has 9 nitrogen and oxygen atoms in total. The number of hydrogen-bond donors (Lipinski definition) is 0. The normalized spacial score (nSPS) is 24.0. The van der Waals surface area contributed by atoms with Crippen LogP contribution < -0.4 is 9.47 Å². The fraction of sp³-hybridized carbons (Fsp3) is 0.526. The van der Waals surface area contributed by atoms with Crippen molar-refractivity contribution in [3.8, 4) is 11.5 Å². The van der Waals surface area contributed by atoms with Gasteiger partial charge in [0.1, 0.15) is 17.6 Å². The standard InChI is InChI=1S/C19H24O9/c1-10(20)26-16-9-25-17(14-8-13(23-4)6-7-15(14)24-5)19(28-12(3)22)18(16)27-11(2)21/h6-8,16-19H,9H2,1-5H3/t16-,17+,18+,19+/m1/s1. The molecule has 1 aromatic rings. The maximum absolute atomic E-state index is 11.7. The van der Waals surface area contributed by atoms with Crippen molar-refractivity contribution in [1.82, 2.24) is 0 Å². The predicted octanol–water partition coefficient (Wildman–Crippen LogP) is 1.57. The molecule has 1 fully saturated rings. The molecule has 1 heterocycles. The molecule has 28 heavy (non-hydrogen) atoms. The number of benzene rings is 1. The van der Waals surface area contributed by atoms with E-state index in [2.05, 4.69) is 0 Å². The molecule has 0 N–H and O–H groups in total.